The lowest BCUT2D eigenvalue weighted by Crippen LogP contribution is -2.27. The molecule has 0 N–H and O–H groups in total. The molecule has 168 valence electrons. The molecule has 0 aliphatic carbocycles. The average Bonchev–Trinajstić information content (AvgIpc) is 3.02. The lowest BCUT2D eigenvalue weighted by molar-refractivity contribution is -0.113. The molecule has 0 atom stereocenters. The molecule has 1 fully saturated rings. The van der Waals surface area contributed by atoms with E-state index in [0.29, 0.717) is 39.7 Å². The van der Waals surface area contributed by atoms with Gasteiger partial charge < -0.3 is 4.74 Å². The van der Waals surface area contributed by atoms with Crippen LogP contribution in [-0.4, -0.2) is 10.2 Å². The lowest BCUT2D eigenvalue weighted by Gasteiger charge is -2.16. The molecule has 4 rings (SSSR count). The van der Waals surface area contributed by atoms with E-state index in [2.05, 4.69) is 31.9 Å². The van der Waals surface area contributed by atoms with Gasteiger partial charge in [0.15, 0.2) is 4.32 Å². The van der Waals surface area contributed by atoms with Gasteiger partial charge in [0.05, 0.1) is 24.6 Å². The number of carbonyl (C=O) groups is 1. The highest BCUT2D eigenvalue weighted by Gasteiger charge is 2.34. The molecule has 1 saturated heterocycles. The summed E-state index contributed by atoms with van der Waals surface area (Å²) in [7, 11) is 0. The van der Waals surface area contributed by atoms with Crippen LogP contribution in [0.5, 0.6) is 5.75 Å². The van der Waals surface area contributed by atoms with Crippen LogP contribution in [0, 0.1) is 5.82 Å². The third-order valence-electron chi connectivity index (χ3n) is 4.56. The van der Waals surface area contributed by atoms with Crippen molar-refractivity contribution in [2.45, 2.75) is 6.61 Å². The fourth-order valence-corrected chi connectivity index (χ4v) is 6.25. The van der Waals surface area contributed by atoms with Crippen LogP contribution in [0.15, 0.2) is 68.4 Å². The van der Waals surface area contributed by atoms with Crippen LogP contribution in [0.4, 0.5) is 10.1 Å². The van der Waals surface area contributed by atoms with Gasteiger partial charge in [-0.15, -0.1) is 0 Å². The maximum Gasteiger partial charge on any atom is 0.270 e. The molecule has 0 saturated carbocycles. The van der Waals surface area contributed by atoms with Gasteiger partial charge in [0.25, 0.3) is 5.91 Å². The molecule has 0 bridgehead atoms. The number of halogens is 5. The van der Waals surface area contributed by atoms with Gasteiger partial charge in [-0.1, -0.05) is 59.3 Å². The number of benzene rings is 3. The molecule has 3 aromatic carbocycles. The SMILES string of the molecule is O=C1/C(=C/c2cc(Br)c(OCc3ccc(F)cc3)c(Br)c2)SC(=S)N1c1ccc(Cl)cc1Cl. The van der Waals surface area contributed by atoms with E-state index in [1.54, 1.807) is 36.4 Å². The minimum atomic E-state index is -0.297. The minimum Gasteiger partial charge on any atom is -0.487 e. The van der Waals surface area contributed by atoms with Gasteiger partial charge in [0, 0.05) is 5.02 Å². The molecule has 3 aromatic rings. The summed E-state index contributed by atoms with van der Waals surface area (Å²) >= 11 is 25.9. The van der Waals surface area contributed by atoms with E-state index in [0.717, 1.165) is 11.1 Å². The van der Waals surface area contributed by atoms with Gasteiger partial charge in [0.2, 0.25) is 0 Å². The summed E-state index contributed by atoms with van der Waals surface area (Å²) in [5.41, 5.74) is 2.09. The first-order chi connectivity index (χ1) is 15.7. The normalized spacial score (nSPS) is 14.9. The van der Waals surface area contributed by atoms with Gasteiger partial charge in [-0.3, -0.25) is 9.69 Å². The summed E-state index contributed by atoms with van der Waals surface area (Å²) in [4.78, 5) is 14.9. The van der Waals surface area contributed by atoms with E-state index < -0.39 is 0 Å². The Morgan fingerprint density at radius 1 is 1.06 bits per heavy atom. The Bertz CT molecular complexity index is 1280. The topological polar surface area (TPSA) is 29.5 Å². The first-order valence-corrected chi connectivity index (χ1v) is 12.9. The Kier molecular flexibility index (Phi) is 7.83. The fraction of sp³-hybridized carbons (Fsp3) is 0.0435. The summed E-state index contributed by atoms with van der Waals surface area (Å²) in [5, 5.41) is 0.814. The van der Waals surface area contributed by atoms with Gasteiger partial charge in [0.1, 0.15) is 18.2 Å². The van der Waals surface area contributed by atoms with Crippen molar-refractivity contribution < 1.29 is 13.9 Å². The van der Waals surface area contributed by atoms with Crippen molar-refractivity contribution in [1.82, 2.24) is 0 Å². The van der Waals surface area contributed by atoms with Crippen molar-refractivity contribution in [1.29, 1.82) is 0 Å². The molecule has 0 radical (unpaired) electrons. The fourth-order valence-electron chi connectivity index (χ4n) is 3.03. The van der Waals surface area contributed by atoms with E-state index in [1.807, 2.05) is 12.1 Å². The van der Waals surface area contributed by atoms with Crippen molar-refractivity contribution in [2.24, 2.45) is 0 Å². The smallest absolute Gasteiger partial charge is 0.270 e. The van der Waals surface area contributed by atoms with Crippen molar-refractivity contribution in [3.8, 4) is 5.75 Å². The first kappa shape index (κ1) is 24.7. The summed E-state index contributed by atoms with van der Waals surface area (Å²) in [5.74, 6) is 0.0317. The van der Waals surface area contributed by atoms with Gasteiger partial charge in [-0.25, -0.2) is 4.39 Å². The van der Waals surface area contributed by atoms with E-state index in [1.165, 1.54) is 28.8 Å². The maximum atomic E-state index is 13.1. The van der Waals surface area contributed by atoms with E-state index in [-0.39, 0.29) is 18.3 Å². The Hall–Kier alpha value is -1.42. The van der Waals surface area contributed by atoms with Crippen molar-refractivity contribution in [3.63, 3.8) is 0 Å². The Labute approximate surface area is 226 Å². The Morgan fingerprint density at radius 2 is 1.73 bits per heavy atom. The number of amides is 1. The quantitative estimate of drug-likeness (QED) is 0.205. The molecule has 1 amide bonds. The molecule has 3 nitrogen and oxygen atoms in total. The molecular formula is C23H12Br2Cl2FNO2S2. The van der Waals surface area contributed by atoms with Crippen molar-refractivity contribution in [2.75, 3.05) is 4.90 Å². The first-order valence-electron chi connectivity index (χ1n) is 9.32. The number of nitrogens with zero attached hydrogens (tertiary/aromatic N) is 1. The second-order valence-electron chi connectivity index (χ2n) is 6.84. The number of hydrogen-bond donors (Lipinski definition) is 0. The van der Waals surface area contributed by atoms with Crippen LogP contribution < -0.4 is 9.64 Å². The molecule has 33 heavy (non-hydrogen) atoms. The lowest BCUT2D eigenvalue weighted by atomic mass is 10.2. The number of thioether (sulfide) groups is 1. The standard InChI is InChI=1S/C23H12Br2Cl2FNO2S2/c24-16-7-13(8-17(25)21(16)31-11-12-1-4-15(28)5-2-12)9-20-22(30)29(23(32)33-20)19-6-3-14(26)10-18(19)27/h1-10H,11H2/b20-9-. The van der Waals surface area contributed by atoms with Crippen LogP contribution in [-0.2, 0) is 11.4 Å². The number of hydrogen-bond acceptors (Lipinski definition) is 4. The minimum absolute atomic E-state index is 0.266. The average molecular weight is 648 g/mol. The molecule has 0 aromatic heterocycles. The number of anilines is 1. The molecule has 1 heterocycles. The second kappa shape index (κ2) is 10.5. The van der Waals surface area contributed by atoms with Crippen molar-refractivity contribution in [3.05, 3.63) is 95.4 Å². The summed E-state index contributed by atoms with van der Waals surface area (Å²) < 4.78 is 20.8. The number of rotatable bonds is 5. The molecule has 0 unspecified atom stereocenters. The van der Waals surface area contributed by atoms with Gasteiger partial charge in [-0.2, -0.15) is 0 Å². The zero-order valence-corrected chi connectivity index (χ0v) is 22.8. The number of ether oxygens (including phenoxy) is 1. The van der Waals surface area contributed by atoms with Crippen LogP contribution in [0.2, 0.25) is 10.0 Å². The largest absolute Gasteiger partial charge is 0.487 e. The zero-order chi connectivity index (χ0) is 23.7. The van der Waals surface area contributed by atoms with Crippen LogP contribution in [0.25, 0.3) is 6.08 Å². The predicted octanol–water partition coefficient (Wildman–Crippen LogP) is 8.64. The highest BCUT2D eigenvalue weighted by atomic mass is 79.9. The Balaban J connectivity index is 1.55. The Morgan fingerprint density at radius 3 is 2.36 bits per heavy atom. The van der Waals surface area contributed by atoms with Crippen LogP contribution in [0.3, 0.4) is 0 Å². The monoisotopic (exact) mass is 645 g/mol. The van der Waals surface area contributed by atoms with Gasteiger partial charge >= 0.3 is 0 Å². The summed E-state index contributed by atoms with van der Waals surface area (Å²) in [6.45, 7) is 0.275. The van der Waals surface area contributed by atoms with Crippen LogP contribution >= 0.6 is 79.0 Å². The summed E-state index contributed by atoms with van der Waals surface area (Å²) in [6.07, 6.45) is 1.75. The number of carbonyl (C=O) groups excluding carboxylic acids is 1. The molecule has 10 heteroatoms. The third-order valence-corrected chi connectivity index (χ3v) is 7.58. The molecule has 1 aliphatic rings. The highest BCUT2D eigenvalue weighted by Crippen LogP contribution is 2.41. The van der Waals surface area contributed by atoms with Gasteiger partial charge in [-0.05, 0) is 91.5 Å². The number of thiocarbonyl (C=S) groups is 1. The summed E-state index contributed by atoms with van der Waals surface area (Å²) in [6, 6.07) is 14.7. The zero-order valence-electron chi connectivity index (χ0n) is 16.5. The highest BCUT2D eigenvalue weighted by molar-refractivity contribution is 9.11. The third kappa shape index (κ3) is 5.63. The molecule has 0 spiro atoms. The van der Waals surface area contributed by atoms with E-state index in [9.17, 15) is 9.18 Å². The van der Waals surface area contributed by atoms with Crippen molar-refractivity contribution >= 4 is 101 Å². The van der Waals surface area contributed by atoms with Crippen LogP contribution in [0.1, 0.15) is 11.1 Å². The van der Waals surface area contributed by atoms with E-state index >= 15 is 0 Å². The predicted molar refractivity (Wildman–Crippen MR) is 145 cm³/mol. The van der Waals surface area contributed by atoms with E-state index in [4.69, 9.17) is 40.2 Å². The molecule has 1 aliphatic heterocycles. The maximum absolute atomic E-state index is 13.1. The second-order valence-corrected chi connectivity index (χ2v) is 11.1. The molecular weight excluding hydrogens is 636 g/mol.